The Balaban J connectivity index is 0.000000320. The van der Waals surface area contributed by atoms with Gasteiger partial charge in [0.25, 0.3) is 0 Å². The van der Waals surface area contributed by atoms with Gasteiger partial charge in [0.05, 0.1) is 39.6 Å². The van der Waals surface area contributed by atoms with E-state index < -0.39 is 17.2 Å². The second-order valence-corrected chi connectivity index (χ2v) is 14.6. The van der Waals surface area contributed by atoms with Crippen molar-refractivity contribution < 1.29 is 47.9 Å². The summed E-state index contributed by atoms with van der Waals surface area (Å²) >= 11 is 0. The molecule has 0 aliphatic carbocycles. The van der Waals surface area contributed by atoms with Crippen LogP contribution in [0.4, 0.5) is 0 Å². The summed E-state index contributed by atoms with van der Waals surface area (Å²) in [5, 5.41) is 9.79. The molecule has 0 saturated carbocycles. The summed E-state index contributed by atoms with van der Waals surface area (Å²) in [4.78, 5) is 37.8. The van der Waals surface area contributed by atoms with Crippen molar-refractivity contribution in [2.45, 2.75) is 73.5 Å². The number of allylic oxidation sites excluding steroid dienone is 2. The third-order valence-electron chi connectivity index (χ3n) is 8.44. The molecular weight excluding hydrogens is 712 g/mol. The van der Waals surface area contributed by atoms with E-state index >= 15 is 0 Å². The molecule has 0 unspecified atom stereocenters. The van der Waals surface area contributed by atoms with Gasteiger partial charge in [-0.3, -0.25) is 9.59 Å². The van der Waals surface area contributed by atoms with E-state index in [-0.39, 0.29) is 17.3 Å². The summed E-state index contributed by atoms with van der Waals surface area (Å²) in [6.07, 6.45) is 6.45. The minimum atomic E-state index is -1.15. The topological polar surface area (TPSA) is 127 Å². The average molecular weight is 767 g/mol. The zero-order valence-electron chi connectivity index (χ0n) is 34.7. The highest BCUT2D eigenvalue weighted by molar-refractivity contribution is 6.09. The van der Waals surface area contributed by atoms with Crippen LogP contribution in [0.5, 0.6) is 34.5 Å². The Morgan fingerprint density at radius 1 is 0.571 bits per heavy atom. The summed E-state index contributed by atoms with van der Waals surface area (Å²) in [7, 11) is 6.14. The number of carbonyl (C=O) groups excluding carboxylic acids is 3. The second-order valence-electron chi connectivity index (χ2n) is 14.6. The lowest BCUT2D eigenvalue weighted by molar-refractivity contribution is -0.171. The monoisotopic (exact) mass is 766 g/mol. The first-order chi connectivity index (χ1) is 26.2. The van der Waals surface area contributed by atoms with Crippen molar-refractivity contribution in [3.8, 4) is 34.5 Å². The number of hydrogen-bond acceptors (Lipinski definition) is 10. The molecule has 4 aromatic rings. The molecule has 0 saturated heterocycles. The van der Waals surface area contributed by atoms with Crippen LogP contribution in [-0.4, -0.2) is 62.3 Å². The highest BCUT2D eigenvalue weighted by atomic mass is 16.6. The lowest BCUT2D eigenvalue weighted by atomic mass is 10.0. The number of aromatic hydroxyl groups is 1. The normalized spacial score (nSPS) is 11.4. The van der Waals surface area contributed by atoms with Crippen molar-refractivity contribution >= 4 is 29.7 Å². The molecule has 1 N–H and O–H groups in total. The summed E-state index contributed by atoms with van der Waals surface area (Å²) < 4.78 is 32.5. The highest BCUT2D eigenvalue weighted by Crippen LogP contribution is 2.31. The standard InChI is InChI=1S/C27H34O6.C19H20O4/c1-17-14-19(10-12-22(28)21-16-20(30-8)11-13-23(21)31-9)15-18(2)24(17)32-27(6,7)25(29)33-26(3,4)5;1-12-9-14(10-13(2)19(12)21)5-7-17(20)16-11-15(22-3)6-8-18(16)23-4/h10-16H,1-9H3;5-11,21H,1-4H3/b12-10+;7-5+. The Kier molecular flexibility index (Phi) is 15.1. The molecule has 56 heavy (non-hydrogen) atoms. The molecule has 10 nitrogen and oxygen atoms in total. The number of ketones is 2. The fraction of sp³-hybridized carbons (Fsp3) is 0.326. The molecule has 298 valence electrons. The largest absolute Gasteiger partial charge is 0.507 e. The van der Waals surface area contributed by atoms with E-state index in [0.29, 0.717) is 39.9 Å². The molecule has 0 heterocycles. The number of phenols is 1. The number of rotatable bonds is 13. The fourth-order valence-electron chi connectivity index (χ4n) is 5.56. The summed E-state index contributed by atoms with van der Waals surface area (Å²) in [5.74, 6) is 2.23. The predicted octanol–water partition coefficient (Wildman–Crippen LogP) is 9.64. The molecule has 0 amide bonds. The first-order valence-corrected chi connectivity index (χ1v) is 18.0. The zero-order chi connectivity index (χ0) is 42.0. The average Bonchev–Trinajstić information content (AvgIpc) is 3.15. The summed E-state index contributed by atoms with van der Waals surface area (Å²) in [5.41, 5.74) is 4.03. The maximum absolute atomic E-state index is 12.8. The van der Waals surface area contributed by atoms with E-state index in [1.165, 1.54) is 26.4 Å². The fourth-order valence-corrected chi connectivity index (χ4v) is 5.56. The molecular formula is C46H54O10. The van der Waals surface area contributed by atoms with E-state index in [1.807, 2.05) is 72.7 Å². The van der Waals surface area contributed by atoms with Crippen molar-refractivity contribution in [3.05, 3.63) is 117 Å². The van der Waals surface area contributed by atoms with Crippen molar-refractivity contribution in [2.24, 2.45) is 0 Å². The smallest absolute Gasteiger partial charge is 0.350 e. The predicted molar refractivity (Wildman–Crippen MR) is 220 cm³/mol. The van der Waals surface area contributed by atoms with Crippen molar-refractivity contribution in [3.63, 3.8) is 0 Å². The van der Waals surface area contributed by atoms with Crippen LogP contribution in [0, 0.1) is 27.7 Å². The summed E-state index contributed by atoms with van der Waals surface area (Å²) in [6, 6.07) is 17.7. The molecule has 0 fully saturated rings. The third-order valence-corrected chi connectivity index (χ3v) is 8.44. The van der Waals surface area contributed by atoms with E-state index in [9.17, 15) is 19.5 Å². The van der Waals surface area contributed by atoms with E-state index in [2.05, 4.69) is 0 Å². The number of methoxy groups -OCH3 is 4. The first kappa shape index (κ1) is 44.4. The van der Waals surface area contributed by atoms with Gasteiger partial charge >= 0.3 is 5.97 Å². The lowest BCUT2D eigenvalue weighted by Gasteiger charge is -2.30. The molecule has 4 aromatic carbocycles. The van der Waals surface area contributed by atoms with Gasteiger partial charge in [-0.25, -0.2) is 4.79 Å². The molecule has 0 aliphatic heterocycles. The quantitative estimate of drug-likeness (QED) is 0.0799. The molecule has 4 rings (SSSR count). The zero-order valence-corrected chi connectivity index (χ0v) is 34.7. The van der Waals surface area contributed by atoms with Crippen LogP contribution in [0.2, 0.25) is 0 Å². The Morgan fingerprint density at radius 3 is 1.32 bits per heavy atom. The van der Waals surface area contributed by atoms with Gasteiger partial charge in [0.2, 0.25) is 0 Å². The number of carbonyl (C=O) groups is 3. The van der Waals surface area contributed by atoms with E-state index in [0.717, 1.165) is 33.4 Å². The highest BCUT2D eigenvalue weighted by Gasteiger charge is 2.35. The third kappa shape index (κ3) is 12.0. The number of esters is 1. The Hall–Kier alpha value is -6.03. The Labute approximate surface area is 330 Å². The molecule has 10 heteroatoms. The van der Waals surface area contributed by atoms with Gasteiger partial charge in [0.1, 0.15) is 40.1 Å². The van der Waals surface area contributed by atoms with Gasteiger partial charge in [-0.1, -0.05) is 12.2 Å². The van der Waals surface area contributed by atoms with Gasteiger partial charge in [0, 0.05) is 0 Å². The molecule has 0 aromatic heterocycles. The van der Waals surface area contributed by atoms with E-state index in [1.54, 1.807) is 76.6 Å². The van der Waals surface area contributed by atoms with Gasteiger partial charge in [0.15, 0.2) is 17.2 Å². The minimum Gasteiger partial charge on any atom is -0.507 e. The van der Waals surface area contributed by atoms with Gasteiger partial charge in [-0.15, -0.1) is 0 Å². The summed E-state index contributed by atoms with van der Waals surface area (Å²) in [6.45, 7) is 16.3. The number of phenolic OH excluding ortho intramolecular Hbond substituents is 1. The molecule has 0 radical (unpaired) electrons. The van der Waals surface area contributed by atoms with Gasteiger partial charge in [-0.2, -0.15) is 0 Å². The van der Waals surface area contributed by atoms with E-state index in [4.69, 9.17) is 28.4 Å². The Morgan fingerprint density at radius 2 is 0.964 bits per heavy atom. The molecule has 0 atom stereocenters. The van der Waals surface area contributed by atoms with Crippen LogP contribution in [0.3, 0.4) is 0 Å². The van der Waals surface area contributed by atoms with Crippen LogP contribution in [0.15, 0.2) is 72.8 Å². The maximum Gasteiger partial charge on any atom is 0.350 e. The van der Waals surface area contributed by atoms with Crippen molar-refractivity contribution in [2.75, 3.05) is 28.4 Å². The van der Waals surface area contributed by atoms with Crippen LogP contribution in [-0.2, 0) is 9.53 Å². The second kappa shape index (κ2) is 19.0. The SMILES string of the molecule is COc1ccc(OC)c(C(=O)/C=C/c2cc(C)c(O)c(C)c2)c1.COc1ccc(OC)c(C(=O)/C=C/c2cc(C)c(OC(C)(C)C(=O)OC(C)(C)C)c(C)c2)c1. The molecule has 0 aliphatic rings. The number of hydrogen-bond donors (Lipinski definition) is 1. The molecule has 0 bridgehead atoms. The van der Waals surface area contributed by atoms with Crippen LogP contribution in [0.1, 0.15) is 88.7 Å². The first-order valence-electron chi connectivity index (χ1n) is 18.0. The Bertz CT molecular complexity index is 2070. The number of aryl methyl sites for hydroxylation is 4. The van der Waals surface area contributed by atoms with Gasteiger partial charge in [-0.05, 0) is 169 Å². The van der Waals surface area contributed by atoms with Crippen molar-refractivity contribution in [1.29, 1.82) is 0 Å². The number of ether oxygens (including phenoxy) is 6. The van der Waals surface area contributed by atoms with Gasteiger partial charge < -0.3 is 33.5 Å². The van der Waals surface area contributed by atoms with Crippen LogP contribution < -0.4 is 23.7 Å². The maximum atomic E-state index is 12.8. The minimum absolute atomic E-state index is 0.177. The molecule has 0 spiro atoms. The van der Waals surface area contributed by atoms with Crippen LogP contribution in [0.25, 0.3) is 12.2 Å². The number of benzene rings is 4. The van der Waals surface area contributed by atoms with Crippen LogP contribution >= 0.6 is 0 Å². The lowest BCUT2D eigenvalue weighted by Crippen LogP contribution is -2.43. The van der Waals surface area contributed by atoms with Crippen molar-refractivity contribution in [1.82, 2.24) is 0 Å².